The molecule has 2 aromatic heterocycles. The Kier molecular flexibility index (Phi) is 16.3. The molecule has 16 heteroatoms. The Morgan fingerprint density at radius 3 is 2.03 bits per heavy atom. The maximum Gasteiger partial charge on any atom is 0.280 e. The van der Waals surface area contributed by atoms with Gasteiger partial charge in [0.1, 0.15) is 23.9 Å². The normalized spacial score (nSPS) is 18.7. The first-order chi connectivity index (χ1) is 31.2. The highest BCUT2D eigenvalue weighted by Gasteiger charge is 2.54. The Bertz CT molecular complexity index is 2450. The highest BCUT2D eigenvalue weighted by Crippen LogP contribution is 2.53. The first-order valence-electron chi connectivity index (χ1n) is 22.9. The van der Waals surface area contributed by atoms with E-state index in [1.165, 1.54) is 6.33 Å². The predicted octanol–water partition coefficient (Wildman–Crippen LogP) is 10.3. The number of anilines is 1. The number of carbonyl (C=O) groups is 1. The Morgan fingerprint density at radius 1 is 0.924 bits per heavy atom. The minimum atomic E-state index is -2.65. The van der Waals surface area contributed by atoms with Gasteiger partial charge in [-0.2, -0.15) is 10.2 Å². The minimum Gasteiger partial charge on any atom is -0.408 e. The average Bonchev–Trinajstić information content (AvgIpc) is 3.82. The van der Waals surface area contributed by atoms with Crippen LogP contribution in [0.2, 0.25) is 18.1 Å². The molecule has 2 N–H and O–H groups in total. The van der Waals surface area contributed by atoms with Crippen LogP contribution in [-0.4, -0.2) is 82.0 Å². The van der Waals surface area contributed by atoms with Gasteiger partial charge in [0.2, 0.25) is 11.9 Å². The topological polar surface area (TPSA) is 166 Å². The van der Waals surface area contributed by atoms with Gasteiger partial charge in [0.25, 0.3) is 14.1 Å². The van der Waals surface area contributed by atoms with Crippen molar-refractivity contribution in [1.29, 1.82) is 5.26 Å². The van der Waals surface area contributed by atoms with Gasteiger partial charge < -0.3 is 22.9 Å². The Balaban J connectivity index is 1.57. The quantitative estimate of drug-likeness (QED) is 0.0350. The number of ether oxygens (including phenoxy) is 2. The molecule has 14 nitrogen and oxygen atoms in total. The summed E-state index contributed by atoms with van der Waals surface area (Å²) in [5.41, 5.74) is 3.65. The second-order valence-electron chi connectivity index (χ2n) is 19.5. The first kappa shape index (κ1) is 50.8. The summed E-state index contributed by atoms with van der Waals surface area (Å²) in [5.74, 6) is -0.698. The number of fused-ring (bicyclic) bond motifs is 1. The van der Waals surface area contributed by atoms with E-state index < -0.39 is 52.5 Å². The van der Waals surface area contributed by atoms with E-state index in [4.69, 9.17) is 27.9 Å². The predicted molar refractivity (Wildman–Crippen MR) is 262 cm³/mol. The number of hydrogen-bond acceptors (Lipinski definition) is 11. The van der Waals surface area contributed by atoms with Gasteiger partial charge in [-0.3, -0.25) is 24.5 Å². The zero-order chi connectivity index (χ0) is 48.1. The number of nitrogens with one attached hydrogen (secondary N) is 2. The standard InChI is InChI=1S/C50H68N7O7PSi/c1-32(2)45(58)54-48-53-44-41(46(59)55-48)52-31-56(44)47-43(63-65(61-29-17-28-51)57(33(3)4)34(5)6)42(64-66(12,13)49(9,10)11)40(62-47)30-60-50(37-18-15-14-16-19-37,38-24-20-35(7)21-25-38)39-26-22-36(8)23-27-39/h14-16,18-27,31-34,40,42-43,47H,17,29-30H2,1-13H3,(H2,53,54,55,58,59)/t40-,42+,43?,47-,65?/m1/s1. The summed E-state index contributed by atoms with van der Waals surface area (Å²) in [6.45, 7) is 27.1. The Labute approximate surface area is 392 Å². The molecule has 1 fully saturated rings. The van der Waals surface area contributed by atoms with Gasteiger partial charge in [0.15, 0.2) is 25.7 Å². The van der Waals surface area contributed by atoms with Crippen LogP contribution in [0.4, 0.5) is 5.95 Å². The summed E-state index contributed by atoms with van der Waals surface area (Å²) in [6.07, 6.45) is -1.72. The molecule has 5 atom stereocenters. The van der Waals surface area contributed by atoms with Crippen LogP contribution >= 0.6 is 8.53 Å². The average molecular weight is 938 g/mol. The molecule has 0 radical (unpaired) electrons. The van der Waals surface area contributed by atoms with Gasteiger partial charge in [-0.05, 0) is 76.4 Å². The van der Waals surface area contributed by atoms with Gasteiger partial charge in [-0.1, -0.05) is 125 Å². The molecule has 1 aliphatic heterocycles. The fourth-order valence-corrected chi connectivity index (χ4v) is 10.9. The lowest BCUT2D eigenvalue weighted by Gasteiger charge is -2.43. The number of hydrogen-bond donors (Lipinski definition) is 2. The summed E-state index contributed by atoms with van der Waals surface area (Å²) < 4.78 is 40.1. The number of amides is 1. The van der Waals surface area contributed by atoms with Crippen LogP contribution in [0.1, 0.15) is 103 Å². The lowest BCUT2D eigenvalue weighted by Crippen LogP contribution is -2.51. The highest BCUT2D eigenvalue weighted by molar-refractivity contribution is 7.44. The molecule has 1 aliphatic rings. The molecule has 6 rings (SSSR count). The monoisotopic (exact) mass is 937 g/mol. The third-order valence-corrected chi connectivity index (χ3v) is 19.0. The maximum absolute atomic E-state index is 13.6. The Morgan fingerprint density at radius 2 is 1.50 bits per heavy atom. The smallest absolute Gasteiger partial charge is 0.280 e. The lowest BCUT2D eigenvalue weighted by atomic mass is 9.79. The summed E-state index contributed by atoms with van der Waals surface area (Å²) in [4.78, 5) is 38.5. The van der Waals surface area contributed by atoms with Crippen molar-refractivity contribution < 1.29 is 27.7 Å². The van der Waals surface area contributed by atoms with Crippen LogP contribution in [-0.2, 0) is 33.3 Å². The maximum atomic E-state index is 13.6. The summed E-state index contributed by atoms with van der Waals surface area (Å²) in [5, 5.41) is 12.1. The fourth-order valence-electron chi connectivity index (χ4n) is 7.88. The van der Waals surface area contributed by atoms with Crippen molar-refractivity contribution in [3.63, 3.8) is 0 Å². The van der Waals surface area contributed by atoms with Crippen molar-refractivity contribution in [2.75, 3.05) is 18.5 Å². The summed E-state index contributed by atoms with van der Waals surface area (Å²) in [6, 6.07) is 29.3. The van der Waals surface area contributed by atoms with Crippen LogP contribution in [0.25, 0.3) is 11.2 Å². The third kappa shape index (κ3) is 11.0. The second kappa shape index (κ2) is 21.1. The number of aryl methyl sites for hydroxylation is 2. The number of H-pyrrole nitrogens is 1. The number of nitrogens with zero attached hydrogens (tertiary/aromatic N) is 5. The molecule has 0 saturated carbocycles. The van der Waals surface area contributed by atoms with Gasteiger partial charge >= 0.3 is 0 Å². The zero-order valence-electron chi connectivity index (χ0n) is 40.8. The number of aromatic amines is 1. The van der Waals surface area contributed by atoms with E-state index in [0.717, 1.165) is 27.8 Å². The molecule has 2 unspecified atom stereocenters. The van der Waals surface area contributed by atoms with E-state index in [0.29, 0.717) is 0 Å². The molecule has 0 bridgehead atoms. The van der Waals surface area contributed by atoms with E-state index in [1.807, 2.05) is 18.2 Å². The number of aromatic nitrogens is 4. The van der Waals surface area contributed by atoms with Crippen molar-refractivity contribution in [2.24, 2.45) is 5.92 Å². The number of imidazole rings is 1. The summed E-state index contributed by atoms with van der Waals surface area (Å²) >= 11 is 0. The number of nitriles is 1. The van der Waals surface area contributed by atoms with Gasteiger partial charge in [-0.15, -0.1) is 0 Å². The first-order valence-corrected chi connectivity index (χ1v) is 26.9. The fraction of sp³-hybridized carbons (Fsp3) is 0.500. The number of rotatable bonds is 19. The van der Waals surface area contributed by atoms with E-state index in [2.05, 4.69) is 162 Å². The minimum absolute atomic E-state index is 0.00482. The SMILES string of the molecule is Cc1ccc(C(OC[C@H]2O[C@@H](n3cnc4c(=O)[nH]c(NC(=O)C(C)C)nc43)C(OP(OCCC#N)N(C(C)C)C(C)C)[C@H]2O[Si](C)(C)C(C)(C)C)(c2ccccc2)c2ccc(C)cc2)cc1. The third-order valence-electron chi connectivity index (χ3n) is 12.4. The molecule has 3 heterocycles. The van der Waals surface area contributed by atoms with E-state index in [-0.39, 0.29) is 65.7 Å². The van der Waals surface area contributed by atoms with E-state index in [1.54, 1.807) is 18.4 Å². The van der Waals surface area contributed by atoms with Crippen LogP contribution < -0.4 is 10.9 Å². The van der Waals surface area contributed by atoms with Crippen LogP contribution in [0, 0.1) is 31.1 Å². The lowest BCUT2D eigenvalue weighted by molar-refractivity contribution is -0.118. The number of benzene rings is 3. The van der Waals surface area contributed by atoms with Gasteiger partial charge in [0, 0.05) is 18.0 Å². The van der Waals surface area contributed by atoms with Crippen molar-refractivity contribution in [1.82, 2.24) is 24.2 Å². The molecule has 354 valence electrons. The molecule has 3 aromatic carbocycles. The highest BCUT2D eigenvalue weighted by atomic mass is 31.2. The molecule has 0 spiro atoms. The molecular formula is C50H68N7O7PSi. The largest absolute Gasteiger partial charge is 0.408 e. The number of carbonyl (C=O) groups excluding carboxylic acids is 1. The van der Waals surface area contributed by atoms with Crippen LogP contribution in [0.5, 0.6) is 0 Å². The van der Waals surface area contributed by atoms with Gasteiger partial charge in [-0.25, -0.2) is 9.65 Å². The molecule has 1 amide bonds. The van der Waals surface area contributed by atoms with E-state index in [9.17, 15) is 14.9 Å². The molecule has 5 aromatic rings. The van der Waals surface area contributed by atoms with Crippen molar-refractivity contribution in [3.8, 4) is 6.07 Å². The van der Waals surface area contributed by atoms with Crippen LogP contribution in [0.15, 0.2) is 90.0 Å². The molecule has 0 aliphatic carbocycles. The molecular weight excluding hydrogens is 870 g/mol. The molecule has 1 saturated heterocycles. The zero-order valence-corrected chi connectivity index (χ0v) is 42.7. The van der Waals surface area contributed by atoms with E-state index >= 15 is 0 Å². The van der Waals surface area contributed by atoms with Crippen molar-refractivity contribution in [2.45, 2.75) is 143 Å². The van der Waals surface area contributed by atoms with Crippen molar-refractivity contribution >= 4 is 39.9 Å². The van der Waals surface area contributed by atoms with Gasteiger partial charge in [0.05, 0.1) is 32.0 Å². The Hall–Kier alpha value is -4.62. The second-order valence-corrected chi connectivity index (χ2v) is 25.7. The van der Waals surface area contributed by atoms with Crippen LogP contribution in [0.3, 0.4) is 0 Å². The molecule has 66 heavy (non-hydrogen) atoms. The summed E-state index contributed by atoms with van der Waals surface area (Å²) in [7, 11) is -4.50. The van der Waals surface area contributed by atoms with Crippen molar-refractivity contribution in [3.05, 3.63) is 123 Å².